The van der Waals surface area contributed by atoms with Crippen molar-refractivity contribution in [1.29, 1.82) is 0 Å². The first kappa shape index (κ1) is 22.7. The molecule has 3 aliphatic heterocycles. The number of rotatable bonds is 7. The van der Waals surface area contributed by atoms with Crippen molar-refractivity contribution in [3.8, 4) is 0 Å². The predicted octanol–water partition coefficient (Wildman–Crippen LogP) is 3.53. The van der Waals surface area contributed by atoms with Crippen molar-refractivity contribution in [1.82, 2.24) is 14.7 Å². The van der Waals surface area contributed by atoms with E-state index in [0.717, 1.165) is 64.3 Å². The number of carbonyl (C=O) groups excluding carboxylic acids is 1. The number of nitrogens with zero attached hydrogens (tertiary/aromatic N) is 3. The van der Waals surface area contributed by atoms with Crippen LogP contribution in [0.25, 0.3) is 0 Å². The Labute approximate surface area is 186 Å². The van der Waals surface area contributed by atoms with Gasteiger partial charge in [0.05, 0.1) is 6.10 Å². The monoisotopic (exact) mass is 431 g/mol. The van der Waals surface area contributed by atoms with Crippen LogP contribution in [0, 0.1) is 11.7 Å². The van der Waals surface area contributed by atoms with E-state index < -0.39 is 0 Å². The minimum atomic E-state index is -0.0933. The molecule has 1 atom stereocenters. The maximum atomic E-state index is 14.0. The third-order valence-corrected chi connectivity index (χ3v) is 7.44. The van der Waals surface area contributed by atoms with Crippen LogP contribution in [0.1, 0.15) is 51.0 Å². The first-order valence-corrected chi connectivity index (χ1v) is 12.2. The van der Waals surface area contributed by atoms with Gasteiger partial charge in [0.2, 0.25) is 5.91 Å². The molecule has 3 fully saturated rings. The van der Waals surface area contributed by atoms with E-state index in [0.29, 0.717) is 24.6 Å². The molecule has 1 unspecified atom stereocenters. The molecule has 0 spiro atoms. The lowest BCUT2D eigenvalue weighted by Crippen LogP contribution is -2.50. The topological polar surface area (TPSA) is 36.0 Å². The van der Waals surface area contributed by atoms with Gasteiger partial charge >= 0.3 is 0 Å². The first-order valence-electron chi connectivity index (χ1n) is 12.2. The Morgan fingerprint density at radius 1 is 1.06 bits per heavy atom. The molecular weight excluding hydrogens is 393 g/mol. The van der Waals surface area contributed by atoms with Crippen LogP contribution in [-0.4, -0.2) is 78.6 Å². The highest BCUT2D eigenvalue weighted by atomic mass is 19.1. The second-order valence-corrected chi connectivity index (χ2v) is 9.64. The number of carbonyl (C=O) groups is 1. The minimum Gasteiger partial charge on any atom is -0.377 e. The number of ether oxygens (including phenoxy) is 1. The summed E-state index contributed by atoms with van der Waals surface area (Å²) < 4.78 is 20.0. The first-order chi connectivity index (χ1) is 15.1. The van der Waals surface area contributed by atoms with Gasteiger partial charge in [0.25, 0.3) is 0 Å². The Kier molecular flexibility index (Phi) is 7.96. The van der Waals surface area contributed by atoms with Crippen LogP contribution < -0.4 is 0 Å². The molecule has 0 radical (unpaired) electrons. The van der Waals surface area contributed by atoms with E-state index in [4.69, 9.17) is 4.74 Å². The van der Waals surface area contributed by atoms with E-state index in [-0.39, 0.29) is 11.7 Å². The summed E-state index contributed by atoms with van der Waals surface area (Å²) >= 11 is 0. The fourth-order valence-electron chi connectivity index (χ4n) is 5.49. The van der Waals surface area contributed by atoms with Crippen LogP contribution in [0.3, 0.4) is 0 Å². The maximum absolute atomic E-state index is 14.0. The Morgan fingerprint density at radius 3 is 2.45 bits per heavy atom. The Hall–Kier alpha value is -1.50. The summed E-state index contributed by atoms with van der Waals surface area (Å²) in [4.78, 5) is 18.8. The summed E-state index contributed by atoms with van der Waals surface area (Å²) in [5.74, 6) is 0.791. The summed E-state index contributed by atoms with van der Waals surface area (Å²) in [5.41, 5.74) is 0.804. The lowest BCUT2D eigenvalue weighted by Gasteiger charge is -2.42. The highest BCUT2D eigenvalue weighted by Gasteiger charge is 2.31. The van der Waals surface area contributed by atoms with Gasteiger partial charge in [-0.3, -0.25) is 14.6 Å². The van der Waals surface area contributed by atoms with E-state index >= 15 is 0 Å². The molecule has 0 saturated carbocycles. The lowest BCUT2D eigenvalue weighted by atomic mass is 9.93. The van der Waals surface area contributed by atoms with Gasteiger partial charge in [-0.05, 0) is 63.6 Å². The molecule has 0 aliphatic carbocycles. The van der Waals surface area contributed by atoms with Gasteiger partial charge in [0.15, 0.2) is 0 Å². The maximum Gasteiger partial charge on any atom is 0.219 e. The largest absolute Gasteiger partial charge is 0.377 e. The molecule has 172 valence electrons. The number of piperidine rings is 2. The third kappa shape index (κ3) is 6.27. The molecule has 6 heteroatoms. The highest BCUT2D eigenvalue weighted by Crippen LogP contribution is 2.26. The van der Waals surface area contributed by atoms with Crippen LogP contribution in [-0.2, 0) is 16.1 Å². The minimum absolute atomic E-state index is 0.0933. The van der Waals surface area contributed by atoms with Crippen molar-refractivity contribution in [2.24, 2.45) is 5.92 Å². The van der Waals surface area contributed by atoms with Gasteiger partial charge in [-0.2, -0.15) is 0 Å². The van der Waals surface area contributed by atoms with Gasteiger partial charge in [0.1, 0.15) is 5.82 Å². The summed E-state index contributed by atoms with van der Waals surface area (Å²) in [6.45, 7) is 9.27. The summed E-state index contributed by atoms with van der Waals surface area (Å²) in [5, 5.41) is 0. The molecule has 3 heterocycles. The van der Waals surface area contributed by atoms with Crippen LogP contribution in [0.5, 0.6) is 0 Å². The van der Waals surface area contributed by atoms with Crippen molar-refractivity contribution in [2.45, 2.75) is 64.1 Å². The molecule has 31 heavy (non-hydrogen) atoms. The number of halogens is 1. The Morgan fingerprint density at radius 2 is 1.81 bits per heavy atom. The van der Waals surface area contributed by atoms with Crippen molar-refractivity contribution in [2.75, 3.05) is 45.9 Å². The smallest absolute Gasteiger partial charge is 0.219 e. The second kappa shape index (κ2) is 10.9. The van der Waals surface area contributed by atoms with Gasteiger partial charge < -0.3 is 9.64 Å². The predicted molar refractivity (Wildman–Crippen MR) is 120 cm³/mol. The zero-order valence-electron chi connectivity index (χ0n) is 19.0. The van der Waals surface area contributed by atoms with Crippen molar-refractivity contribution >= 4 is 5.91 Å². The standard InChI is InChI=1S/C25H38FN3O2/c1-20(30)28-14-10-23(11-15-28)29(19-24-6-4-16-31-24)17-21-8-12-27(13-9-21)18-22-5-2-3-7-25(22)26/h2-3,5,7,21,23-24H,4,6,8-19H2,1H3. The number of benzene rings is 1. The molecule has 1 amide bonds. The molecule has 3 aliphatic rings. The third-order valence-electron chi connectivity index (χ3n) is 7.44. The fourth-order valence-corrected chi connectivity index (χ4v) is 5.49. The Balaban J connectivity index is 1.29. The van der Waals surface area contributed by atoms with E-state index in [1.807, 2.05) is 17.0 Å². The average molecular weight is 432 g/mol. The molecule has 1 aromatic rings. The van der Waals surface area contributed by atoms with E-state index in [2.05, 4.69) is 9.80 Å². The van der Waals surface area contributed by atoms with Gasteiger partial charge in [-0.25, -0.2) is 4.39 Å². The summed E-state index contributed by atoms with van der Waals surface area (Å²) in [6, 6.07) is 7.69. The number of amides is 1. The lowest BCUT2D eigenvalue weighted by molar-refractivity contribution is -0.130. The molecule has 0 aromatic heterocycles. The second-order valence-electron chi connectivity index (χ2n) is 9.64. The number of hydrogen-bond acceptors (Lipinski definition) is 4. The van der Waals surface area contributed by atoms with Crippen molar-refractivity contribution < 1.29 is 13.9 Å². The van der Waals surface area contributed by atoms with Crippen LogP contribution in [0.4, 0.5) is 4.39 Å². The van der Waals surface area contributed by atoms with E-state index in [1.54, 1.807) is 19.1 Å². The summed E-state index contributed by atoms with van der Waals surface area (Å²) in [6.07, 6.45) is 7.19. The van der Waals surface area contributed by atoms with Gasteiger partial charge in [-0.15, -0.1) is 0 Å². The van der Waals surface area contributed by atoms with E-state index in [9.17, 15) is 9.18 Å². The fraction of sp³-hybridized carbons (Fsp3) is 0.720. The molecule has 1 aromatic carbocycles. The number of likely N-dealkylation sites (tertiary alicyclic amines) is 2. The Bertz CT molecular complexity index is 708. The van der Waals surface area contributed by atoms with Crippen molar-refractivity contribution in [3.63, 3.8) is 0 Å². The number of hydrogen-bond donors (Lipinski definition) is 0. The zero-order chi connectivity index (χ0) is 21.6. The molecule has 0 N–H and O–H groups in total. The normalized spacial score (nSPS) is 24.2. The van der Waals surface area contributed by atoms with Crippen molar-refractivity contribution in [3.05, 3.63) is 35.6 Å². The zero-order valence-corrected chi connectivity index (χ0v) is 19.0. The summed E-state index contributed by atoms with van der Waals surface area (Å²) in [7, 11) is 0. The molecule has 0 bridgehead atoms. The van der Waals surface area contributed by atoms with Gasteiger partial charge in [-0.1, -0.05) is 18.2 Å². The van der Waals surface area contributed by atoms with Crippen LogP contribution >= 0.6 is 0 Å². The van der Waals surface area contributed by atoms with Gasteiger partial charge in [0, 0.05) is 57.9 Å². The molecule has 4 rings (SSSR count). The van der Waals surface area contributed by atoms with Crippen LogP contribution in [0.2, 0.25) is 0 Å². The van der Waals surface area contributed by atoms with Crippen LogP contribution in [0.15, 0.2) is 24.3 Å². The average Bonchev–Trinajstić information content (AvgIpc) is 3.29. The quantitative estimate of drug-likeness (QED) is 0.662. The highest BCUT2D eigenvalue weighted by molar-refractivity contribution is 5.73. The molecular formula is C25H38FN3O2. The SMILES string of the molecule is CC(=O)N1CCC(N(CC2CCN(Cc3ccccc3F)CC2)CC2CCCO2)CC1. The molecule has 3 saturated heterocycles. The molecule has 5 nitrogen and oxygen atoms in total. The van der Waals surface area contributed by atoms with E-state index in [1.165, 1.54) is 25.7 Å².